The van der Waals surface area contributed by atoms with Crippen molar-refractivity contribution in [2.45, 2.75) is 57.9 Å². The molecule has 2 heterocycles. The van der Waals surface area contributed by atoms with E-state index in [9.17, 15) is 4.79 Å². The van der Waals surface area contributed by atoms with E-state index in [2.05, 4.69) is 10.1 Å². The van der Waals surface area contributed by atoms with E-state index in [0.29, 0.717) is 5.91 Å². The molecule has 1 aliphatic carbocycles. The number of amides is 1. The molecule has 1 saturated heterocycles. The summed E-state index contributed by atoms with van der Waals surface area (Å²) >= 11 is 0. The monoisotopic (exact) mass is 262 g/mol. The minimum absolute atomic E-state index is 0.138. The van der Waals surface area contributed by atoms with Crippen molar-refractivity contribution in [3.05, 3.63) is 17.5 Å². The molecule has 0 radical (unpaired) electrons. The van der Waals surface area contributed by atoms with Crippen LogP contribution in [0, 0.1) is 12.8 Å². The lowest BCUT2D eigenvalue weighted by molar-refractivity contribution is -0.139. The average Bonchev–Trinajstić information content (AvgIpc) is 3.09. The second-order valence-electron chi connectivity index (χ2n) is 5.89. The van der Waals surface area contributed by atoms with Gasteiger partial charge in [0.25, 0.3) is 0 Å². The summed E-state index contributed by atoms with van der Waals surface area (Å²) in [6.45, 7) is 2.79. The van der Waals surface area contributed by atoms with Gasteiger partial charge in [-0.3, -0.25) is 4.79 Å². The summed E-state index contributed by atoms with van der Waals surface area (Å²) in [6, 6.07) is 2.12. The molecule has 1 atom stereocenters. The molecule has 1 aliphatic heterocycles. The van der Waals surface area contributed by atoms with E-state index < -0.39 is 0 Å². The third-order valence-electron chi connectivity index (χ3n) is 4.48. The molecule has 0 aromatic carbocycles. The molecule has 1 saturated carbocycles. The zero-order chi connectivity index (χ0) is 13.2. The van der Waals surface area contributed by atoms with Crippen LogP contribution in [-0.4, -0.2) is 22.5 Å². The smallest absolute Gasteiger partial charge is 0.226 e. The third kappa shape index (κ3) is 2.53. The first kappa shape index (κ1) is 12.7. The Labute approximate surface area is 114 Å². The molecule has 0 unspecified atom stereocenters. The van der Waals surface area contributed by atoms with Crippen molar-refractivity contribution < 1.29 is 9.32 Å². The van der Waals surface area contributed by atoms with E-state index in [1.54, 1.807) is 0 Å². The summed E-state index contributed by atoms with van der Waals surface area (Å²) in [5, 5.41) is 4.13. The van der Waals surface area contributed by atoms with Crippen LogP contribution in [0.3, 0.4) is 0 Å². The molecular formula is C15H22N2O2. The van der Waals surface area contributed by atoms with Crippen LogP contribution in [0.4, 0.5) is 0 Å². The van der Waals surface area contributed by atoms with Gasteiger partial charge in [0.2, 0.25) is 5.91 Å². The van der Waals surface area contributed by atoms with Crippen molar-refractivity contribution in [2.75, 3.05) is 6.54 Å². The maximum absolute atomic E-state index is 12.7. The third-order valence-corrected chi connectivity index (χ3v) is 4.48. The van der Waals surface area contributed by atoms with Crippen LogP contribution in [0.5, 0.6) is 0 Å². The topological polar surface area (TPSA) is 46.3 Å². The Bertz CT molecular complexity index is 449. The lowest BCUT2D eigenvalue weighted by Crippen LogP contribution is -2.41. The average molecular weight is 262 g/mol. The normalized spacial score (nSPS) is 24.9. The van der Waals surface area contributed by atoms with Gasteiger partial charge in [0.1, 0.15) is 11.5 Å². The van der Waals surface area contributed by atoms with Gasteiger partial charge in [0.15, 0.2) is 0 Å². The molecule has 1 amide bonds. The summed E-state index contributed by atoms with van der Waals surface area (Å²) in [7, 11) is 0. The number of carbonyl (C=O) groups excluding carboxylic acids is 1. The number of aryl methyl sites for hydroxylation is 1. The summed E-state index contributed by atoms with van der Waals surface area (Å²) in [5.41, 5.74) is 0.934. The number of rotatable bonds is 2. The van der Waals surface area contributed by atoms with Crippen LogP contribution in [0.1, 0.15) is 62.4 Å². The van der Waals surface area contributed by atoms with Crippen LogP contribution >= 0.6 is 0 Å². The Morgan fingerprint density at radius 3 is 2.68 bits per heavy atom. The molecule has 0 bridgehead atoms. The highest BCUT2D eigenvalue weighted by atomic mass is 16.5. The molecule has 1 aromatic heterocycles. The molecule has 0 spiro atoms. The molecule has 4 heteroatoms. The summed E-state index contributed by atoms with van der Waals surface area (Å²) < 4.78 is 5.18. The molecule has 4 nitrogen and oxygen atoms in total. The van der Waals surface area contributed by atoms with Gasteiger partial charge >= 0.3 is 0 Å². The quantitative estimate of drug-likeness (QED) is 0.822. The van der Waals surface area contributed by atoms with E-state index in [0.717, 1.165) is 43.7 Å². The largest absolute Gasteiger partial charge is 0.361 e. The zero-order valence-corrected chi connectivity index (χ0v) is 11.6. The van der Waals surface area contributed by atoms with Gasteiger partial charge in [-0.05, 0) is 39.0 Å². The van der Waals surface area contributed by atoms with Gasteiger partial charge in [-0.25, -0.2) is 0 Å². The maximum Gasteiger partial charge on any atom is 0.226 e. The van der Waals surface area contributed by atoms with Crippen LogP contribution in [0.25, 0.3) is 0 Å². The number of nitrogens with zero attached hydrogens (tertiary/aromatic N) is 2. The van der Waals surface area contributed by atoms with E-state index >= 15 is 0 Å². The first-order valence-corrected chi connectivity index (χ1v) is 7.49. The maximum atomic E-state index is 12.7. The number of hydrogen-bond acceptors (Lipinski definition) is 3. The first-order chi connectivity index (χ1) is 9.25. The number of hydrogen-bond donors (Lipinski definition) is 0. The van der Waals surface area contributed by atoms with Gasteiger partial charge in [0.05, 0.1) is 6.04 Å². The van der Waals surface area contributed by atoms with Crippen LogP contribution in [0.2, 0.25) is 0 Å². The molecular weight excluding hydrogens is 240 g/mol. The second-order valence-corrected chi connectivity index (χ2v) is 5.89. The fourth-order valence-electron chi connectivity index (χ4n) is 3.45. The number of carbonyl (C=O) groups is 1. The van der Waals surface area contributed by atoms with Crippen molar-refractivity contribution in [1.82, 2.24) is 10.1 Å². The molecule has 0 N–H and O–H groups in total. The van der Waals surface area contributed by atoms with E-state index in [1.807, 2.05) is 13.0 Å². The molecule has 3 rings (SSSR count). The fraction of sp³-hybridized carbons (Fsp3) is 0.733. The molecule has 1 aromatic rings. The van der Waals surface area contributed by atoms with Gasteiger partial charge in [-0.15, -0.1) is 0 Å². The lowest BCUT2D eigenvalue weighted by atomic mass is 9.96. The Morgan fingerprint density at radius 1 is 1.26 bits per heavy atom. The SMILES string of the molecule is Cc1cc([C@H]2CCCCN2C(=O)C2CCCC2)no1. The first-order valence-electron chi connectivity index (χ1n) is 7.49. The van der Waals surface area contributed by atoms with Crippen LogP contribution in [-0.2, 0) is 4.79 Å². The second kappa shape index (κ2) is 5.35. The molecule has 104 valence electrons. The molecule has 19 heavy (non-hydrogen) atoms. The van der Waals surface area contributed by atoms with Gasteiger partial charge in [-0.2, -0.15) is 0 Å². The summed E-state index contributed by atoms with van der Waals surface area (Å²) in [6.07, 6.45) is 7.86. The van der Waals surface area contributed by atoms with E-state index in [-0.39, 0.29) is 12.0 Å². The van der Waals surface area contributed by atoms with Crippen molar-refractivity contribution in [3.63, 3.8) is 0 Å². The standard InChI is InChI=1S/C15H22N2O2/c1-11-10-13(16-19-11)14-8-4-5-9-17(14)15(18)12-6-2-3-7-12/h10,12,14H,2-9H2,1H3/t14-/m1/s1. The highest BCUT2D eigenvalue weighted by molar-refractivity contribution is 5.79. The predicted molar refractivity (Wildman–Crippen MR) is 71.5 cm³/mol. The minimum Gasteiger partial charge on any atom is -0.361 e. The Balaban J connectivity index is 1.78. The van der Waals surface area contributed by atoms with Gasteiger partial charge in [-0.1, -0.05) is 18.0 Å². The zero-order valence-electron chi connectivity index (χ0n) is 11.6. The minimum atomic E-state index is 0.138. The highest BCUT2D eigenvalue weighted by Crippen LogP contribution is 2.35. The van der Waals surface area contributed by atoms with Crippen molar-refractivity contribution in [1.29, 1.82) is 0 Å². The number of aromatic nitrogens is 1. The number of piperidine rings is 1. The Morgan fingerprint density at radius 2 is 2.00 bits per heavy atom. The Kier molecular flexibility index (Phi) is 3.58. The van der Waals surface area contributed by atoms with Gasteiger partial charge in [0, 0.05) is 18.5 Å². The van der Waals surface area contributed by atoms with Crippen LogP contribution < -0.4 is 0 Å². The summed E-state index contributed by atoms with van der Waals surface area (Å²) in [4.78, 5) is 14.7. The van der Waals surface area contributed by atoms with Crippen LogP contribution in [0.15, 0.2) is 10.6 Å². The summed E-state index contributed by atoms with van der Waals surface area (Å²) in [5.74, 6) is 1.44. The van der Waals surface area contributed by atoms with Crippen molar-refractivity contribution in [3.8, 4) is 0 Å². The Hall–Kier alpha value is -1.32. The molecule has 2 fully saturated rings. The van der Waals surface area contributed by atoms with Gasteiger partial charge < -0.3 is 9.42 Å². The number of likely N-dealkylation sites (tertiary alicyclic amines) is 1. The van der Waals surface area contributed by atoms with E-state index in [1.165, 1.54) is 19.3 Å². The van der Waals surface area contributed by atoms with Crippen molar-refractivity contribution >= 4 is 5.91 Å². The van der Waals surface area contributed by atoms with Crippen molar-refractivity contribution in [2.24, 2.45) is 5.92 Å². The molecule has 2 aliphatic rings. The fourth-order valence-corrected chi connectivity index (χ4v) is 3.45. The van der Waals surface area contributed by atoms with E-state index in [4.69, 9.17) is 4.52 Å². The lowest BCUT2D eigenvalue weighted by Gasteiger charge is -2.36. The highest BCUT2D eigenvalue weighted by Gasteiger charge is 2.34. The predicted octanol–water partition coefficient (Wildman–Crippen LogP) is 3.23.